The van der Waals surface area contributed by atoms with Gasteiger partial charge in [0.1, 0.15) is 5.82 Å². The van der Waals surface area contributed by atoms with Gasteiger partial charge in [0.25, 0.3) is 0 Å². The van der Waals surface area contributed by atoms with E-state index in [4.69, 9.17) is 6.42 Å². The Labute approximate surface area is 112 Å². The highest BCUT2D eigenvalue weighted by molar-refractivity contribution is 5.89. The van der Waals surface area contributed by atoms with Gasteiger partial charge >= 0.3 is 6.03 Å². The molecule has 0 bridgehead atoms. The number of nitrogens with one attached hydrogen (secondary N) is 2. The number of likely N-dealkylation sites (tertiary alicyclic amines) is 1. The van der Waals surface area contributed by atoms with Crippen LogP contribution in [0.5, 0.6) is 0 Å². The summed E-state index contributed by atoms with van der Waals surface area (Å²) in [6.45, 7) is 2.27. The van der Waals surface area contributed by atoms with Crippen LogP contribution in [0.25, 0.3) is 0 Å². The molecule has 1 aromatic carbocycles. The number of benzene rings is 1. The third kappa shape index (κ3) is 3.97. The second-order valence-electron chi connectivity index (χ2n) is 4.53. The van der Waals surface area contributed by atoms with Crippen LogP contribution in [0.15, 0.2) is 24.3 Å². The fraction of sp³-hybridized carbons (Fsp3) is 0.357. The Kier molecular flexibility index (Phi) is 4.37. The third-order valence-electron chi connectivity index (χ3n) is 3.02. The van der Waals surface area contributed by atoms with E-state index in [1.165, 1.54) is 24.3 Å². The molecular formula is C14H16FN3O. The molecule has 4 nitrogen and oxygen atoms in total. The fourth-order valence-corrected chi connectivity index (χ4v) is 2.11. The Balaban J connectivity index is 1.79. The van der Waals surface area contributed by atoms with Crippen molar-refractivity contribution >= 4 is 11.7 Å². The zero-order valence-electron chi connectivity index (χ0n) is 10.5. The summed E-state index contributed by atoms with van der Waals surface area (Å²) in [4.78, 5) is 13.9. The molecule has 0 unspecified atom stereocenters. The Bertz CT molecular complexity index is 480. The molecule has 1 fully saturated rings. The lowest BCUT2D eigenvalue weighted by atomic mass is 10.3. The molecule has 1 saturated heterocycles. The van der Waals surface area contributed by atoms with Crippen molar-refractivity contribution in [2.24, 2.45) is 0 Å². The largest absolute Gasteiger partial charge is 0.334 e. The number of carbonyl (C=O) groups excluding carboxylic acids is 1. The van der Waals surface area contributed by atoms with Crippen LogP contribution in [0, 0.1) is 18.2 Å². The van der Waals surface area contributed by atoms with Crippen LogP contribution in [-0.4, -0.2) is 36.6 Å². The van der Waals surface area contributed by atoms with Crippen LogP contribution >= 0.6 is 0 Å². The Hall–Kier alpha value is -2.06. The predicted molar refractivity (Wildman–Crippen MR) is 72.2 cm³/mol. The molecule has 2 N–H and O–H groups in total. The maximum atomic E-state index is 12.7. The van der Waals surface area contributed by atoms with Crippen molar-refractivity contribution in [2.45, 2.75) is 12.5 Å². The van der Waals surface area contributed by atoms with Gasteiger partial charge in [-0.2, -0.15) is 0 Å². The second-order valence-corrected chi connectivity index (χ2v) is 4.53. The summed E-state index contributed by atoms with van der Waals surface area (Å²) in [6, 6.07) is 5.48. The van der Waals surface area contributed by atoms with Crippen LogP contribution in [0.4, 0.5) is 14.9 Å². The van der Waals surface area contributed by atoms with Crippen molar-refractivity contribution in [2.75, 3.05) is 25.0 Å². The second kappa shape index (κ2) is 6.21. The van der Waals surface area contributed by atoms with E-state index in [0.29, 0.717) is 12.2 Å². The first kappa shape index (κ1) is 13.4. The lowest BCUT2D eigenvalue weighted by Gasteiger charge is -2.14. The number of halogens is 1. The van der Waals surface area contributed by atoms with Crippen molar-refractivity contribution in [1.82, 2.24) is 10.2 Å². The quantitative estimate of drug-likeness (QED) is 0.813. The summed E-state index contributed by atoms with van der Waals surface area (Å²) in [5.74, 6) is 2.26. The standard InChI is InChI=1S/C14H16FN3O/c1-2-8-18-9-7-13(10-18)17-14(19)16-12-5-3-11(15)4-6-12/h1,3-6,13H,7-10H2,(H2,16,17,19)/t13-/m0/s1. The molecule has 0 aromatic heterocycles. The number of amides is 2. The van der Waals surface area contributed by atoms with E-state index in [1.807, 2.05) is 0 Å². The first-order chi connectivity index (χ1) is 9.17. The predicted octanol–water partition coefficient (Wildman–Crippen LogP) is 1.65. The van der Waals surface area contributed by atoms with Gasteiger partial charge in [0.05, 0.1) is 6.54 Å². The van der Waals surface area contributed by atoms with E-state index in [1.54, 1.807) is 0 Å². The summed E-state index contributed by atoms with van der Waals surface area (Å²) in [7, 11) is 0. The smallest absolute Gasteiger partial charge is 0.319 e. The number of carbonyl (C=O) groups is 1. The minimum absolute atomic E-state index is 0.105. The van der Waals surface area contributed by atoms with E-state index in [-0.39, 0.29) is 17.9 Å². The zero-order valence-corrected chi connectivity index (χ0v) is 10.5. The van der Waals surface area contributed by atoms with E-state index >= 15 is 0 Å². The molecule has 1 heterocycles. The highest BCUT2D eigenvalue weighted by Crippen LogP contribution is 2.10. The molecule has 19 heavy (non-hydrogen) atoms. The molecule has 0 radical (unpaired) electrons. The van der Waals surface area contributed by atoms with Crippen molar-refractivity contribution in [3.05, 3.63) is 30.1 Å². The first-order valence-electron chi connectivity index (χ1n) is 6.16. The molecule has 0 saturated carbocycles. The summed E-state index contributed by atoms with van der Waals surface area (Å²) in [6.07, 6.45) is 6.13. The Morgan fingerprint density at radius 3 is 2.89 bits per heavy atom. The summed E-state index contributed by atoms with van der Waals surface area (Å²) in [5, 5.41) is 5.54. The van der Waals surface area contributed by atoms with Crippen LogP contribution < -0.4 is 10.6 Å². The molecule has 100 valence electrons. The highest BCUT2D eigenvalue weighted by atomic mass is 19.1. The maximum absolute atomic E-state index is 12.7. The third-order valence-corrected chi connectivity index (χ3v) is 3.02. The van der Waals surface area contributed by atoms with Gasteiger partial charge in [-0.25, -0.2) is 9.18 Å². The van der Waals surface area contributed by atoms with Gasteiger partial charge in [0.15, 0.2) is 0 Å². The SMILES string of the molecule is C#CCN1CC[C@H](NC(=O)Nc2ccc(F)cc2)C1. The molecule has 1 aliphatic rings. The fourth-order valence-electron chi connectivity index (χ4n) is 2.11. The van der Waals surface area contributed by atoms with Crippen molar-refractivity contribution in [3.63, 3.8) is 0 Å². The van der Waals surface area contributed by atoms with Gasteiger partial charge in [0, 0.05) is 24.8 Å². The average Bonchev–Trinajstić information content (AvgIpc) is 2.80. The van der Waals surface area contributed by atoms with E-state index in [0.717, 1.165) is 19.5 Å². The minimum Gasteiger partial charge on any atom is -0.334 e. The highest BCUT2D eigenvalue weighted by Gasteiger charge is 2.22. The summed E-state index contributed by atoms with van der Waals surface area (Å²) < 4.78 is 12.7. The zero-order chi connectivity index (χ0) is 13.7. The number of nitrogens with zero attached hydrogens (tertiary/aromatic N) is 1. The molecule has 5 heteroatoms. The molecule has 2 amide bonds. The van der Waals surface area contributed by atoms with E-state index in [2.05, 4.69) is 21.5 Å². The Morgan fingerprint density at radius 1 is 1.47 bits per heavy atom. The van der Waals surface area contributed by atoms with Gasteiger partial charge in [-0.15, -0.1) is 6.42 Å². The molecule has 1 atom stereocenters. The van der Waals surface area contributed by atoms with Crippen molar-refractivity contribution < 1.29 is 9.18 Å². The number of hydrogen-bond acceptors (Lipinski definition) is 2. The van der Waals surface area contributed by atoms with Crippen molar-refractivity contribution in [3.8, 4) is 12.3 Å². The van der Waals surface area contributed by atoms with Gasteiger partial charge in [-0.3, -0.25) is 4.90 Å². The van der Waals surface area contributed by atoms with Crippen LogP contribution in [0.2, 0.25) is 0 Å². The first-order valence-corrected chi connectivity index (χ1v) is 6.16. The average molecular weight is 261 g/mol. The lowest BCUT2D eigenvalue weighted by Crippen LogP contribution is -2.39. The van der Waals surface area contributed by atoms with Gasteiger partial charge in [0.2, 0.25) is 0 Å². The van der Waals surface area contributed by atoms with Gasteiger partial charge in [-0.05, 0) is 30.7 Å². The molecule has 0 aliphatic carbocycles. The van der Waals surface area contributed by atoms with Gasteiger partial charge in [-0.1, -0.05) is 5.92 Å². The molecule has 1 aliphatic heterocycles. The minimum atomic E-state index is -0.327. The molecule has 0 spiro atoms. The van der Waals surface area contributed by atoms with Crippen LogP contribution in [-0.2, 0) is 0 Å². The molecule has 1 aromatic rings. The number of rotatable bonds is 3. The maximum Gasteiger partial charge on any atom is 0.319 e. The normalized spacial score (nSPS) is 18.8. The summed E-state index contributed by atoms with van der Waals surface area (Å²) >= 11 is 0. The van der Waals surface area contributed by atoms with Crippen molar-refractivity contribution in [1.29, 1.82) is 0 Å². The lowest BCUT2D eigenvalue weighted by molar-refractivity contribution is 0.248. The molecule has 2 rings (SSSR count). The molecular weight excluding hydrogens is 245 g/mol. The number of hydrogen-bond donors (Lipinski definition) is 2. The van der Waals surface area contributed by atoms with E-state index in [9.17, 15) is 9.18 Å². The Morgan fingerprint density at radius 2 is 2.21 bits per heavy atom. The number of urea groups is 1. The van der Waals surface area contributed by atoms with Crippen LogP contribution in [0.3, 0.4) is 0 Å². The van der Waals surface area contributed by atoms with Gasteiger partial charge < -0.3 is 10.6 Å². The number of terminal acetylenes is 1. The number of anilines is 1. The topological polar surface area (TPSA) is 44.4 Å². The monoisotopic (exact) mass is 261 g/mol. The summed E-state index contributed by atoms with van der Waals surface area (Å²) in [5.41, 5.74) is 0.567. The van der Waals surface area contributed by atoms with Crippen LogP contribution in [0.1, 0.15) is 6.42 Å². The van der Waals surface area contributed by atoms with E-state index < -0.39 is 0 Å².